The maximum atomic E-state index is 13.6. The summed E-state index contributed by atoms with van der Waals surface area (Å²) in [5.41, 5.74) is 3.65. The molecule has 5 heterocycles. The molecule has 1 saturated heterocycles. The van der Waals surface area contributed by atoms with Crippen LogP contribution in [0.15, 0.2) is 72.0 Å². The molecule has 0 saturated carbocycles. The minimum Gasteiger partial charge on any atom is -0.368 e. The molecule has 6 rings (SSSR count). The van der Waals surface area contributed by atoms with E-state index in [0.717, 1.165) is 48.5 Å². The number of hydrogen-bond donors (Lipinski definition) is 2. The molecule has 1 fully saturated rings. The van der Waals surface area contributed by atoms with Crippen molar-refractivity contribution in [1.82, 2.24) is 24.3 Å². The first kappa shape index (κ1) is 21.3. The van der Waals surface area contributed by atoms with Crippen LogP contribution in [0.25, 0.3) is 27.7 Å². The standard InChI is InChI=1S/C26H24FN7O/c1-32-10-12-33(13-11-32)18-2-5-23(29-15-18)31-21-4-3-19(20-6-8-28-26(35)25(20)21)22-16-30-24-14-17(27)7-9-34(22)24/h2-9,14-16H,10-13H2,1H3,(H,28,35)(H,29,31). The molecule has 8 nitrogen and oxygen atoms in total. The van der Waals surface area contributed by atoms with Gasteiger partial charge in [-0.25, -0.2) is 14.4 Å². The highest BCUT2D eigenvalue weighted by Gasteiger charge is 2.16. The molecule has 1 aromatic carbocycles. The predicted molar refractivity (Wildman–Crippen MR) is 136 cm³/mol. The Bertz CT molecular complexity index is 1580. The minimum atomic E-state index is -0.346. The maximum Gasteiger partial charge on any atom is 0.257 e. The van der Waals surface area contributed by atoms with Crippen LogP contribution in [0.4, 0.5) is 21.6 Å². The number of benzene rings is 1. The summed E-state index contributed by atoms with van der Waals surface area (Å²) in [4.78, 5) is 29.3. The van der Waals surface area contributed by atoms with E-state index in [0.29, 0.717) is 22.5 Å². The third-order valence-electron chi connectivity index (χ3n) is 6.57. The van der Waals surface area contributed by atoms with Crippen molar-refractivity contribution in [3.63, 3.8) is 0 Å². The summed E-state index contributed by atoms with van der Waals surface area (Å²) in [7, 11) is 2.13. The first-order valence-corrected chi connectivity index (χ1v) is 11.5. The van der Waals surface area contributed by atoms with E-state index in [2.05, 4.69) is 43.2 Å². The van der Waals surface area contributed by atoms with Crippen LogP contribution >= 0.6 is 0 Å². The SMILES string of the molecule is CN1CCN(c2ccc(Nc3ccc(-c4cnc5cc(F)ccn45)c4cc[nH]c(=O)c34)nc2)CC1. The van der Waals surface area contributed by atoms with Gasteiger partial charge in [0, 0.05) is 55.6 Å². The fraction of sp³-hybridized carbons (Fsp3) is 0.192. The summed E-state index contributed by atoms with van der Waals surface area (Å²) >= 11 is 0. The second-order valence-corrected chi connectivity index (χ2v) is 8.79. The number of piperazine rings is 1. The van der Waals surface area contributed by atoms with Crippen LogP contribution in [0, 0.1) is 5.82 Å². The number of H-pyrrole nitrogens is 1. The van der Waals surface area contributed by atoms with Crippen molar-refractivity contribution in [2.24, 2.45) is 0 Å². The number of imidazole rings is 1. The first-order valence-electron chi connectivity index (χ1n) is 11.5. The number of nitrogens with one attached hydrogen (secondary N) is 2. The highest BCUT2D eigenvalue weighted by atomic mass is 19.1. The van der Waals surface area contributed by atoms with Crippen molar-refractivity contribution >= 4 is 33.6 Å². The molecule has 1 aliphatic heterocycles. The number of anilines is 3. The van der Waals surface area contributed by atoms with Gasteiger partial charge in [0.15, 0.2) is 0 Å². The van der Waals surface area contributed by atoms with Crippen molar-refractivity contribution in [2.75, 3.05) is 43.4 Å². The maximum absolute atomic E-state index is 13.6. The molecule has 5 aromatic rings. The number of rotatable bonds is 4. The van der Waals surface area contributed by atoms with Crippen molar-refractivity contribution < 1.29 is 4.39 Å². The van der Waals surface area contributed by atoms with Crippen molar-refractivity contribution in [3.05, 3.63) is 83.4 Å². The molecule has 35 heavy (non-hydrogen) atoms. The molecule has 176 valence electrons. The monoisotopic (exact) mass is 469 g/mol. The van der Waals surface area contributed by atoms with Crippen molar-refractivity contribution in [2.45, 2.75) is 0 Å². The largest absolute Gasteiger partial charge is 0.368 e. The van der Waals surface area contributed by atoms with Gasteiger partial charge in [-0.3, -0.25) is 9.20 Å². The third-order valence-corrected chi connectivity index (χ3v) is 6.57. The predicted octanol–water partition coefficient (Wildman–Crippen LogP) is 3.87. The zero-order valence-corrected chi connectivity index (χ0v) is 19.2. The Hall–Kier alpha value is -4.24. The van der Waals surface area contributed by atoms with Crippen LogP contribution in [0.2, 0.25) is 0 Å². The molecule has 0 aliphatic carbocycles. The molecule has 1 aliphatic rings. The normalized spacial score (nSPS) is 14.6. The summed E-state index contributed by atoms with van der Waals surface area (Å²) < 4.78 is 15.5. The summed E-state index contributed by atoms with van der Waals surface area (Å²) in [5, 5.41) is 4.60. The molecule has 0 radical (unpaired) electrons. The molecule has 4 aromatic heterocycles. The number of pyridine rings is 3. The molecule has 0 amide bonds. The average Bonchev–Trinajstić information content (AvgIpc) is 3.28. The van der Waals surface area contributed by atoms with Crippen LogP contribution < -0.4 is 15.8 Å². The Morgan fingerprint density at radius 3 is 2.66 bits per heavy atom. The van der Waals surface area contributed by atoms with Crippen molar-refractivity contribution in [1.29, 1.82) is 0 Å². The van der Waals surface area contributed by atoms with Crippen LogP contribution in [0.3, 0.4) is 0 Å². The van der Waals surface area contributed by atoms with Crippen LogP contribution in [-0.4, -0.2) is 57.5 Å². The van der Waals surface area contributed by atoms with Gasteiger partial charge in [-0.2, -0.15) is 0 Å². The second-order valence-electron chi connectivity index (χ2n) is 8.79. The molecule has 2 N–H and O–H groups in total. The number of aromatic nitrogens is 4. The van der Waals surface area contributed by atoms with Gasteiger partial charge in [0.1, 0.15) is 17.3 Å². The van der Waals surface area contributed by atoms with E-state index < -0.39 is 0 Å². The van der Waals surface area contributed by atoms with Gasteiger partial charge in [-0.1, -0.05) is 6.07 Å². The quantitative estimate of drug-likeness (QED) is 0.416. The van der Waals surface area contributed by atoms with Gasteiger partial charge in [0.05, 0.1) is 34.8 Å². The van der Waals surface area contributed by atoms with Crippen LogP contribution in [-0.2, 0) is 0 Å². The van der Waals surface area contributed by atoms with E-state index in [-0.39, 0.29) is 11.4 Å². The number of fused-ring (bicyclic) bond motifs is 2. The molecule has 0 atom stereocenters. The summed E-state index contributed by atoms with van der Waals surface area (Å²) in [5.74, 6) is 0.312. The van der Waals surface area contributed by atoms with E-state index in [4.69, 9.17) is 0 Å². The highest BCUT2D eigenvalue weighted by molar-refractivity contribution is 6.03. The van der Waals surface area contributed by atoms with Gasteiger partial charge in [0.2, 0.25) is 0 Å². The van der Waals surface area contributed by atoms with E-state index in [1.54, 1.807) is 18.6 Å². The molecule has 0 bridgehead atoms. The van der Waals surface area contributed by atoms with Crippen LogP contribution in [0.1, 0.15) is 0 Å². The topological polar surface area (TPSA) is 81.6 Å². The lowest BCUT2D eigenvalue weighted by Gasteiger charge is -2.33. The van der Waals surface area contributed by atoms with E-state index >= 15 is 0 Å². The fourth-order valence-electron chi connectivity index (χ4n) is 4.64. The molecule has 0 unspecified atom stereocenters. The summed E-state index contributed by atoms with van der Waals surface area (Å²) in [6.07, 6.45) is 6.83. The lowest BCUT2D eigenvalue weighted by Crippen LogP contribution is -2.44. The summed E-state index contributed by atoms with van der Waals surface area (Å²) in [6, 6.07) is 12.4. The lowest BCUT2D eigenvalue weighted by atomic mass is 10.0. The molecular formula is C26H24FN7O. The number of halogens is 1. The smallest absolute Gasteiger partial charge is 0.257 e. The Morgan fingerprint density at radius 2 is 1.86 bits per heavy atom. The van der Waals surface area contributed by atoms with Crippen LogP contribution in [0.5, 0.6) is 0 Å². The van der Waals surface area contributed by atoms with Gasteiger partial charge in [-0.15, -0.1) is 0 Å². The number of nitrogens with zero attached hydrogens (tertiary/aromatic N) is 5. The van der Waals surface area contributed by atoms with Crippen molar-refractivity contribution in [3.8, 4) is 11.3 Å². The Morgan fingerprint density at radius 1 is 1.00 bits per heavy atom. The summed E-state index contributed by atoms with van der Waals surface area (Å²) in [6.45, 7) is 4.01. The van der Waals surface area contributed by atoms with Gasteiger partial charge >= 0.3 is 0 Å². The van der Waals surface area contributed by atoms with E-state index in [1.165, 1.54) is 12.1 Å². The lowest BCUT2D eigenvalue weighted by molar-refractivity contribution is 0.313. The molecule has 0 spiro atoms. The Balaban J connectivity index is 1.36. The van der Waals surface area contributed by atoms with Gasteiger partial charge in [-0.05, 0) is 37.4 Å². The third kappa shape index (κ3) is 3.89. The number of hydrogen-bond acceptors (Lipinski definition) is 6. The Labute approximate surface area is 200 Å². The first-order chi connectivity index (χ1) is 17.1. The second kappa shape index (κ2) is 8.52. The highest BCUT2D eigenvalue weighted by Crippen LogP contribution is 2.33. The van der Waals surface area contributed by atoms with Gasteiger partial charge < -0.3 is 20.1 Å². The molecule has 9 heteroatoms. The zero-order chi connectivity index (χ0) is 23.9. The zero-order valence-electron chi connectivity index (χ0n) is 19.2. The van der Waals surface area contributed by atoms with E-state index in [1.807, 2.05) is 34.9 Å². The minimum absolute atomic E-state index is 0.208. The Kier molecular flexibility index (Phi) is 5.18. The average molecular weight is 470 g/mol. The fourth-order valence-corrected chi connectivity index (χ4v) is 4.64. The van der Waals surface area contributed by atoms with E-state index in [9.17, 15) is 9.18 Å². The number of likely N-dealkylation sites (N-methyl/N-ethyl adjacent to an activating group) is 1. The van der Waals surface area contributed by atoms with Gasteiger partial charge in [0.25, 0.3) is 5.56 Å². The molecular weight excluding hydrogens is 445 g/mol. The number of aromatic amines is 1.